The molecule has 1 heterocycles. The summed E-state index contributed by atoms with van der Waals surface area (Å²) in [4.78, 5) is 0. The minimum Gasteiger partial charge on any atom is -0.352 e. The Labute approximate surface area is 308 Å². The molecule has 0 spiro atoms. The van der Waals surface area contributed by atoms with E-state index in [1.54, 1.807) is 0 Å². The monoisotopic (exact) mass is 810 g/mol. The maximum absolute atomic E-state index is 6.94. The lowest BCUT2D eigenvalue weighted by Crippen LogP contribution is -2.76. The maximum Gasteiger partial charge on any atom is 0.668 e. The molecule has 0 unspecified atom stereocenters. The second-order valence-corrected chi connectivity index (χ2v) is 23.5. The smallest absolute Gasteiger partial charge is 0.352 e. The van der Waals surface area contributed by atoms with Crippen LogP contribution in [0, 0.1) is 0 Å². The summed E-state index contributed by atoms with van der Waals surface area (Å²) in [6, 6.07) is 0. The van der Waals surface area contributed by atoms with Crippen molar-refractivity contribution in [3.8, 4) is 0 Å². The second kappa shape index (κ2) is 27.1. The van der Waals surface area contributed by atoms with Crippen molar-refractivity contribution < 1.29 is 64.8 Å². The zero-order valence-corrected chi connectivity index (χ0v) is 37.8. The Hall–Kier alpha value is 0.484. The van der Waals surface area contributed by atoms with Crippen LogP contribution >= 0.6 is 0 Å². The van der Waals surface area contributed by atoms with Crippen LogP contribution in [0.3, 0.4) is 0 Å². The Kier molecular flexibility index (Phi) is 26.3. The molecule has 1 aliphatic heterocycles. The molecule has 0 aromatic rings. The molecule has 1 aliphatic rings. The molecular weight excluding hydrogens is 741 g/mol. The van der Waals surface area contributed by atoms with Crippen molar-refractivity contribution in [1.29, 1.82) is 0 Å². The van der Waals surface area contributed by atoms with Crippen molar-refractivity contribution in [2.24, 2.45) is 0 Å². The van der Waals surface area contributed by atoms with Crippen LogP contribution in [-0.4, -0.2) is 111 Å². The Morgan fingerprint density at radius 1 is 0.220 bits per heavy atom. The van der Waals surface area contributed by atoms with Crippen LogP contribution in [0.2, 0.25) is 0 Å². The highest BCUT2D eigenvalue weighted by molar-refractivity contribution is 6.83. The summed E-state index contributed by atoms with van der Waals surface area (Å²) in [7, 11) is -22.2. The molecule has 0 amide bonds. The van der Waals surface area contributed by atoms with Crippen molar-refractivity contribution >= 4 is 45.2 Å². The van der Waals surface area contributed by atoms with E-state index in [4.69, 9.17) is 64.8 Å². The number of hydrogen-bond acceptors (Lipinski definition) is 15. The van der Waals surface area contributed by atoms with Crippen LogP contribution in [0.4, 0.5) is 0 Å². The third kappa shape index (κ3) is 16.9. The first kappa shape index (κ1) is 48.5. The molecule has 15 nitrogen and oxygen atoms in total. The van der Waals surface area contributed by atoms with Gasteiger partial charge in [-0.25, -0.2) is 0 Å². The van der Waals surface area contributed by atoms with Gasteiger partial charge < -0.3 is 64.8 Å². The van der Waals surface area contributed by atoms with Gasteiger partial charge >= 0.3 is 45.2 Å². The van der Waals surface area contributed by atoms with Gasteiger partial charge in [0.15, 0.2) is 0 Å². The van der Waals surface area contributed by atoms with Crippen LogP contribution in [0.5, 0.6) is 0 Å². The zero-order chi connectivity index (χ0) is 37.2. The van der Waals surface area contributed by atoms with Gasteiger partial charge in [0.05, 0.1) is 0 Å². The normalized spacial score (nSPS) is 19.8. The zero-order valence-electron chi connectivity index (χ0n) is 32.8. The third-order valence-corrected chi connectivity index (χ3v) is 21.7. The van der Waals surface area contributed by atoms with E-state index in [1.807, 2.05) is 69.2 Å². The minimum absolute atomic E-state index is 0.215. The van der Waals surface area contributed by atoms with E-state index in [0.717, 1.165) is 0 Å². The summed E-state index contributed by atoms with van der Waals surface area (Å²) < 4.78 is 100. The van der Waals surface area contributed by atoms with Crippen molar-refractivity contribution in [2.45, 2.75) is 133 Å². The quantitative estimate of drug-likeness (QED) is 0.0727. The second-order valence-electron chi connectivity index (χ2n) is 11.5. The van der Waals surface area contributed by atoms with Crippen molar-refractivity contribution in [3.05, 3.63) is 0 Å². The molecule has 1 fully saturated rings. The van der Waals surface area contributed by atoms with E-state index >= 15 is 0 Å². The van der Waals surface area contributed by atoms with Gasteiger partial charge in [-0.15, -0.1) is 0 Å². The highest BCUT2D eigenvalue weighted by Crippen LogP contribution is 2.36. The van der Waals surface area contributed by atoms with E-state index < -0.39 is 45.2 Å². The van der Waals surface area contributed by atoms with Gasteiger partial charge in [-0.1, -0.05) is 69.2 Å². The molecule has 0 bridgehead atoms. The van der Waals surface area contributed by atoms with Gasteiger partial charge in [0.25, 0.3) is 0 Å². The first-order valence-electron chi connectivity index (χ1n) is 19.0. The Bertz CT molecular complexity index is 627. The summed E-state index contributed by atoms with van der Waals surface area (Å²) in [5.41, 5.74) is 0. The summed E-state index contributed by atoms with van der Waals surface area (Å²) in [6.07, 6.45) is 6.23. The van der Waals surface area contributed by atoms with Gasteiger partial charge in [-0.2, -0.15) is 0 Å². The Morgan fingerprint density at radius 3 is 0.400 bits per heavy atom. The van der Waals surface area contributed by atoms with Crippen LogP contribution < -0.4 is 0 Å². The van der Waals surface area contributed by atoms with Crippen LogP contribution in [0.1, 0.15) is 133 Å². The van der Waals surface area contributed by atoms with Crippen LogP contribution in [0.25, 0.3) is 0 Å². The fraction of sp³-hybridized carbons (Fsp3) is 1.00. The molecule has 300 valence electrons. The molecule has 0 aromatic heterocycles. The third-order valence-electron chi connectivity index (χ3n) is 6.08. The molecule has 0 radical (unpaired) electrons. The summed E-state index contributed by atoms with van der Waals surface area (Å²) in [5, 5.41) is 0. The van der Waals surface area contributed by atoms with Crippen molar-refractivity contribution in [3.63, 3.8) is 0 Å². The van der Waals surface area contributed by atoms with Crippen molar-refractivity contribution in [2.75, 3.05) is 66.1 Å². The molecule has 1 saturated heterocycles. The number of rotatable bonds is 30. The predicted octanol–water partition coefficient (Wildman–Crippen LogP) is 6.53. The maximum atomic E-state index is 6.94. The summed E-state index contributed by atoms with van der Waals surface area (Å²) in [5.74, 6) is 0. The summed E-state index contributed by atoms with van der Waals surface area (Å²) >= 11 is 0. The lowest BCUT2D eigenvalue weighted by atomic mass is 10.5. The first-order chi connectivity index (χ1) is 24.1. The molecule has 50 heavy (non-hydrogen) atoms. The standard InChI is InChI=1S/C30H70O15Si5/c1-11-21-31-46(32-22-12-2)41-47(33-23-13-3,34-24-14-4)43-49(37-27-17-7,38-28-18-8)45-50(39-29-19-9,40-30-20-10)44-48(42-46,35-25-15-5)36-26-16-6/h11-30H2,1-10H3. The molecule has 1 rings (SSSR count). The fourth-order valence-electron chi connectivity index (χ4n) is 3.94. The minimum atomic E-state index is -4.44. The molecular formula is C30H70O15Si5. The molecule has 0 aliphatic carbocycles. The van der Waals surface area contributed by atoms with Gasteiger partial charge in [0, 0.05) is 66.1 Å². The Morgan fingerprint density at radius 2 is 0.320 bits per heavy atom. The molecule has 0 N–H and O–H groups in total. The predicted molar refractivity (Wildman–Crippen MR) is 197 cm³/mol. The lowest BCUT2D eigenvalue weighted by Gasteiger charge is -2.45. The topological polar surface area (TPSA) is 138 Å². The van der Waals surface area contributed by atoms with Gasteiger partial charge in [-0.3, -0.25) is 0 Å². The highest BCUT2D eigenvalue weighted by atomic mass is 28.6. The van der Waals surface area contributed by atoms with E-state index in [0.29, 0.717) is 64.2 Å². The van der Waals surface area contributed by atoms with E-state index in [2.05, 4.69) is 0 Å². The molecule has 20 heteroatoms. The summed E-state index contributed by atoms with van der Waals surface area (Å²) in [6.45, 7) is 21.9. The lowest BCUT2D eigenvalue weighted by molar-refractivity contribution is -0.111. The van der Waals surface area contributed by atoms with E-state index in [1.165, 1.54) is 0 Å². The Balaban J connectivity index is 4.45. The molecule has 0 saturated carbocycles. The largest absolute Gasteiger partial charge is 0.668 e. The van der Waals surface area contributed by atoms with Gasteiger partial charge in [0.1, 0.15) is 0 Å². The van der Waals surface area contributed by atoms with E-state index in [-0.39, 0.29) is 66.1 Å². The molecule has 0 atom stereocenters. The van der Waals surface area contributed by atoms with Crippen molar-refractivity contribution in [1.82, 2.24) is 0 Å². The number of hydrogen-bond donors (Lipinski definition) is 0. The van der Waals surface area contributed by atoms with Gasteiger partial charge in [0.2, 0.25) is 0 Å². The fourth-order valence-corrected chi connectivity index (χ4v) is 22.4. The molecule has 0 aromatic carbocycles. The average Bonchev–Trinajstić information content (AvgIpc) is 3.12. The SMILES string of the molecule is CCCO[Si]1(OCCC)O[Si](OCCC)(OCCC)O[Si](OCCC)(OCCC)O[Si](OCCC)(OCCC)O[Si](OCCC)(OCCC)O1. The van der Waals surface area contributed by atoms with E-state index in [9.17, 15) is 0 Å². The van der Waals surface area contributed by atoms with Crippen LogP contribution in [0.15, 0.2) is 0 Å². The highest BCUT2D eigenvalue weighted by Gasteiger charge is 2.75. The van der Waals surface area contributed by atoms with Gasteiger partial charge in [-0.05, 0) is 64.2 Å². The average molecular weight is 811 g/mol. The van der Waals surface area contributed by atoms with Crippen LogP contribution in [-0.2, 0) is 64.8 Å². The first-order valence-corrected chi connectivity index (χ1v) is 27.2.